The lowest BCUT2D eigenvalue weighted by Crippen LogP contribution is -2.37. The second kappa shape index (κ2) is 8.09. The number of ether oxygens (including phenoxy) is 3. The van der Waals surface area contributed by atoms with Crippen LogP contribution in [0.15, 0.2) is 42.6 Å². The molecule has 0 aliphatic carbocycles. The quantitative estimate of drug-likeness (QED) is 0.815. The Hall–Kier alpha value is -3.06. The van der Waals surface area contributed by atoms with E-state index < -0.39 is 0 Å². The van der Waals surface area contributed by atoms with Crippen LogP contribution >= 0.6 is 0 Å². The van der Waals surface area contributed by atoms with Crippen LogP contribution in [0.2, 0.25) is 0 Å². The van der Waals surface area contributed by atoms with Crippen LogP contribution in [0.25, 0.3) is 6.08 Å². The molecule has 0 bridgehead atoms. The highest BCUT2D eigenvalue weighted by Gasteiger charge is 2.16. The van der Waals surface area contributed by atoms with Crippen molar-refractivity contribution < 1.29 is 19.0 Å². The molecule has 1 amide bonds. The van der Waals surface area contributed by atoms with Crippen molar-refractivity contribution in [3.63, 3.8) is 0 Å². The zero-order chi connectivity index (χ0) is 18.5. The molecule has 27 heavy (non-hydrogen) atoms. The van der Waals surface area contributed by atoms with Gasteiger partial charge in [-0.25, -0.2) is 4.98 Å². The Morgan fingerprint density at radius 2 is 2.04 bits per heavy atom. The fraction of sp³-hybridized carbons (Fsp3) is 0.300. The lowest BCUT2D eigenvalue weighted by molar-refractivity contribution is -0.116. The molecule has 2 aliphatic heterocycles. The molecule has 0 saturated carbocycles. The van der Waals surface area contributed by atoms with Crippen molar-refractivity contribution in [1.82, 2.24) is 10.3 Å². The highest BCUT2D eigenvalue weighted by atomic mass is 16.7. The maximum Gasteiger partial charge on any atom is 0.244 e. The Morgan fingerprint density at radius 1 is 1.19 bits per heavy atom. The van der Waals surface area contributed by atoms with E-state index in [4.69, 9.17) is 14.2 Å². The fourth-order valence-electron chi connectivity index (χ4n) is 3.06. The first-order valence-electron chi connectivity index (χ1n) is 8.92. The van der Waals surface area contributed by atoms with Crippen LogP contribution in [-0.2, 0) is 16.1 Å². The van der Waals surface area contributed by atoms with Crippen molar-refractivity contribution in [2.24, 2.45) is 0 Å². The van der Waals surface area contributed by atoms with Gasteiger partial charge < -0.3 is 24.4 Å². The smallest absolute Gasteiger partial charge is 0.244 e. The van der Waals surface area contributed by atoms with E-state index in [1.54, 1.807) is 12.3 Å². The van der Waals surface area contributed by atoms with Crippen LogP contribution in [-0.4, -0.2) is 44.0 Å². The Kier molecular flexibility index (Phi) is 5.20. The summed E-state index contributed by atoms with van der Waals surface area (Å²) in [5.41, 5.74) is 1.87. The minimum Gasteiger partial charge on any atom is -0.454 e. The summed E-state index contributed by atoms with van der Waals surface area (Å²) < 4.78 is 16.0. The maximum atomic E-state index is 12.2. The molecular formula is C20H21N3O4. The summed E-state index contributed by atoms with van der Waals surface area (Å²) in [6, 6.07) is 9.44. The average Bonchev–Trinajstić information content (AvgIpc) is 3.19. The monoisotopic (exact) mass is 367 g/mol. The second-order valence-electron chi connectivity index (χ2n) is 6.25. The first-order chi connectivity index (χ1) is 13.3. The van der Waals surface area contributed by atoms with Crippen LogP contribution in [0, 0.1) is 0 Å². The molecule has 1 saturated heterocycles. The van der Waals surface area contributed by atoms with Gasteiger partial charge >= 0.3 is 0 Å². The first kappa shape index (κ1) is 17.4. The topological polar surface area (TPSA) is 72.9 Å². The minimum atomic E-state index is -0.163. The number of fused-ring (bicyclic) bond motifs is 1. The van der Waals surface area contributed by atoms with Gasteiger partial charge in [-0.05, 0) is 29.8 Å². The number of nitrogens with zero attached hydrogens (tertiary/aromatic N) is 2. The van der Waals surface area contributed by atoms with Crippen molar-refractivity contribution in [3.8, 4) is 11.5 Å². The molecular weight excluding hydrogens is 346 g/mol. The average molecular weight is 367 g/mol. The summed E-state index contributed by atoms with van der Waals surface area (Å²) in [6.45, 7) is 3.66. The van der Waals surface area contributed by atoms with E-state index in [0.29, 0.717) is 25.5 Å². The minimum absolute atomic E-state index is 0.163. The standard InChI is InChI=1S/C20H21N3O4/c24-19(6-4-15-3-5-17-18(12-15)27-14-26-17)22-13-16-2-1-7-21-20(16)23-8-10-25-11-9-23/h1-7,12H,8-11,13-14H2,(H,22,24)/b6-4+. The highest BCUT2D eigenvalue weighted by molar-refractivity contribution is 5.91. The molecule has 1 fully saturated rings. The van der Waals surface area contributed by atoms with E-state index in [0.717, 1.165) is 35.8 Å². The zero-order valence-corrected chi connectivity index (χ0v) is 14.9. The van der Waals surface area contributed by atoms with E-state index >= 15 is 0 Å². The second-order valence-corrected chi connectivity index (χ2v) is 6.25. The van der Waals surface area contributed by atoms with E-state index in [-0.39, 0.29) is 12.7 Å². The zero-order valence-electron chi connectivity index (χ0n) is 14.9. The van der Waals surface area contributed by atoms with Gasteiger partial charge in [0.2, 0.25) is 12.7 Å². The van der Waals surface area contributed by atoms with E-state index in [1.807, 2.05) is 30.3 Å². The van der Waals surface area contributed by atoms with Gasteiger partial charge in [0.25, 0.3) is 0 Å². The number of morpholine rings is 1. The molecule has 7 nitrogen and oxygen atoms in total. The van der Waals surface area contributed by atoms with Crippen molar-refractivity contribution in [3.05, 3.63) is 53.7 Å². The molecule has 4 rings (SSSR count). The van der Waals surface area contributed by atoms with Gasteiger partial charge in [0, 0.05) is 37.5 Å². The lowest BCUT2D eigenvalue weighted by atomic mass is 10.2. The van der Waals surface area contributed by atoms with Crippen molar-refractivity contribution in [1.29, 1.82) is 0 Å². The highest BCUT2D eigenvalue weighted by Crippen LogP contribution is 2.32. The van der Waals surface area contributed by atoms with Gasteiger partial charge in [-0.3, -0.25) is 4.79 Å². The summed E-state index contributed by atoms with van der Waals surface area (Å²) in [5.74, 6) is 2.16. The third kappa shape index (κ3) is 4.20. The molecule has 0 unspecified atom stereocenters. The number of carbonyl (C=O) groups excluding carboxylic acids is 1. The van der Waals surface area contributed by atoms with Gasteiger partial charge in [0.1, 0.15) is 5.82 Å². The Balaban J connectivity index is 1.37. The molecule has 2 aromatic rings. The molecule has 1 N–H and O–H groups in total. The third-order valence-corrected chi connectivity index (χ3v) is 4.45. The number of carbonyl (C=O) groups is 1. The number of nitrogens with one attached hydrogen (secondary N) is 1. The van der Waals surface area contributed by atoms with Crippen molar-refractivity contribution in [2.45, 2.75) is 6.54 Å². The SMILES string of the molecule is O=C(/C=C/c1ccc2c(c1)OCO2)NCc1cccnc1N1CCOCC1. The number of benzene rings is 1. The molecule has 140 valence electrons. The fourth-order valence-corrected chi connectivity index (χ4v) is 3.06. The Morgan fingerprint density at radius 3 is 2.93 bits per heavy atom. The van der Waals surface area contributed by atoms with Crippen LogP contribution in [0.4, 0.5) is 5.82 Å². The van der Waals surface area contributed by atoms with Gasteiger partial charge in [0.05, 0.1) is 13.2 Å². The summed E-state index contributed by atoms with van der Waals surface area (Å²) in [5, 5.41) is 2.92. The van der Waals surface area contributed by atoms with Crippen molar-refractivity contribution in [2.75, 3.05) is 38.0 Å². The largest absolute Gasteiger partial charge is 0.454 e. The lowest BCUT2D eigenvalue weighted by Gasteiger charge is -2.29. The molecule has 2 aliphatic rings. The number of hydrogen-bond donors (Lipinski definition) is 1. The number of aromatic nitrogens is 1. The van der Waals surface area contributed by atoms with E-state index in [9.17, 15) is 4.79 Å². The normalized spacial score (nSPS) is 15.9. The molecule has 1 aromatic carbocycles. The molecule has 1 aromatic heterocycles. The number of hydrogen-bond acceptors (Lipinski definition) is 6. The van der Waals surface area contributed by atoms with Gasteiger partial charge in [-0.15, -0.1) is 0 Å². The van der Waals surface area contributed by atoms with Crippen molar-refractivity contribution >= 4 is 17.8 Å². The predicted molar refractivity (Wildman–Crippen MR) is 101 cm³/mol. The summed E-state index contributed by atoms with van der Waals surface area (Å²) in [7, 11) is 0. The number of pyridine rings is 1. The van der Waals surface area contributed by atoms with Gasteiger partial charge in [0.15, 0.2) is 11.5 Å². The van der Waals surface area contributed by atoms with Gasteiger partial charge in [-0.1, -0.05) is 12.1 Å². The predicted octanol–water partition coefficient (Wildman–Crippen LogP) is 1.98. The first-order valence-corrected chi connectivity index (χ1v) is 8.92. The van der Waals surface area contributed by atoms with E-state index in [2.05, 4.69) is 15.2 Å². The number of amides is 1. The Bertz CT molecular complexity index is 847. The molecule has 0 radical (unpaired) electrons. The molecule has 0 atom stereocenters. The van der Waals surface area contributed by atoms with Crippen LogP contribution in [0.1, 0.15) is 11.1 Å². The maximum absolute atomic E-state index is 12.2. The molecule has 3 heterocycles. The molecule has 0 spiro atoms. The number of rotatable bonds is 5. The van der Waals surface area contributed by atoms with Crippen LogP contribution in [0.3, 0.4) is 0 Å². The van der Waals surface area contributed by atoms with Crippen LogP contribution < -0.4 is 19.7 Å². The summed E-state index contributed by atoms with van der Waals surface area (Å²) in [6.07, 6.45) is 5.04. The van der Waals surface area contributed by atoms with Crippen LogP contribution in [0.5, 0.6) is 11.5 Å². The number of anilines is 1. The Labute approximate surface area is 157 Å². The van der Waals surface area contributed by atoms with E-state index in [1.165, 1.54) is 6.08 Å². The van der Waals surface area contributed by atoms with Gasteiger partial charge in [-0.2, -0.15) is 0 Å². The summed E-state index contributed by atoms with van der Waals surface area (Å²) >= 11 is 0. The molecule has 7 heteroatoms. The summed E-state index contributed by atoms with van der Waals surface area (Å²) in [4.78, 5) is 18.9. The third-order valence-electron chi connectivity index (χ3n) is 4.45.